The second-order valence-corrected chi connectivity index (χ2v) is 3.73. The lowest BCUT2D eigenvalue weighted by Crippen LogP contribution is -2.06. The highest BCUT2D eigenvalue weighted by Crippen LogP contribution is 2.24. The lowest BCUT2D eigenvalue weighted by atomic mass is 10.1. The van der Waals surface area contributed by atoms with Gasteiger partial charge in [-0.05, 0) is 23.6 Å². The first-order valence-electron chi connectivity index (χ1n) is 5.11. The monoisotopic (exact) mass is 229 g/mol. The van der Waals surface area contributed by atoms with Gasteiger partial charge in [0.2, 0.25) is 5.91 Å². The van der Waals surface area contributed by atoms with Crippen molar-refractivity contribution in [2.24, 2.45) is 0 Å². The van der Waals surface area contributed by atoms with E-state index >= 15 is 0 Å². The minimum atomic E-state index is -0.961. The summed E-state index contributed by atoms with van der Waals surface area (Å²) < 4.78 is 0. The number of carboxylic acid groups (broad SMARTS) is 1. The summed E-state index contributed by atoms with van der Waals surface area (Å²) in [5.74, 6) is -1.11. The van der Waals surface area contributed by atoms with E-state index in [1.165, 1.54) is 13.0 Å². The Bertz CT molecular complexity index is 605. The molecule has 0 aliphatic rings. The summed E-state index contributed by atoms with van der Waals surface area (Å²) in [6.45, 7) is 1.43. The third-order valence-corrected chi connectivity index (χ3v) is 2.44. The van der Waals surface area contributed by atoms with E-state index < -0.39 is 5.97 Å². The summed E-state index contributed by atoms with van der Waals surface area (Å²) in [7, 11) is 0. The molecule has 0 radical (unpaired) electrons. The average molecular weight is 229 g/mol. The maximum absolute atomic E-state index is 11.0. The Labute approximate surface area is 97.9 Å². The average Bonchev–Trinajstić information content (AvgIpc) is 2.28. The maximum atomic E-state index is 11.0. The molecule has 4 nitrogen and oxygen atoms in total. The van der Waals surface area contributed by atoms with Crippen LogP contribution in [0.5, 0.6) is 0 Å². The number of benzene rings is 2. The van der Waals surface area contributed by atoms with Crippen molar-refractivity contribution in [3.8, 4) is 0 Å². The number of rotatable bonds is 2. The van der Waals surface area contributed by atoms with E-state index in [-0.39, 0.29) is 11.5 Å². The van der Waals surface area contributed by atoms with E-state index in [0.29, 0.717) is 5.69 Å². The minimum absolute atomic E-state index is 0.153. The summed E-state index contributed by atoms with van der Waals surface area (Å²) >= 11 is 0. The van der Waals surface area contributed by atoms with Crippen LogP contribution in [0.25, 0.3) is 10.8 Å². The lowest BCUT2D eigenvalue weighted by molar-refractivity contribution is -0.114. The highest BCUT2D eigenvalue weighted by atomic mass is 16.4. The predicted octanol–water partition coefficient (Wildman–Crippen LogP) is 2.50. The zero-order valence-electron chi connectivity index (χ0n) is 9.23. The van der Waals surface area contributed by atoms with Crippen LogP contribution in [0.15, 0.2) is 36.4 Å². The van der Waals surface area contributed by atoms with Crippen molar-refractivity contribution in [2.75, 3.05) is 5.32 Å². The van der Waals surface area contributed by atoms with E-state index in [1.807, 2.05) is 6.07 Å². The second-order valence-electron chi connectivity index (χ2n) is 3.73. The molecule has 0 atom stereocenters. The van der Waals surface area contributed by atoms with Crippen LogP contribution in [-0.2, 0) is 4.79 Å². The molecule has 2 aromatic carbocycles. The van der Waals surface area contributed by atoms with Gasteiger partial charge in [0.05, 0.1) is 5.56 Å². The number of hydrogen-bond acceptors (Lipinski definition) is 2. The molecular formula is C13H11NO3. The Morgan fingerprint density at radius 2 is 1.94 bits per heavy atom. The summed E-state index contributed by atoms with van der Waals surface area (Å²) in [6.07, 6.45) is 0. The quantitative estimate of drug-likeness (QED) is 0.831. The summed E-state index contributed by atoms with van der Waals surface area (Å²) in [5, 5.41) is 13.2. The summed E-state index contributed by atoms with van der Waals surface area (Å²) in [4.78, 5) is 21.9. The number of anilines is 1. The van der Waals surface area contributed by atoms with E-state index in [0.717, 1.165) is 10.8 Å². The SMILES string of the molecule is CC(=O)Nc1cccc2cc(C(=O)O)ccc12. The highest BCUT2D eigenvalue weighted by molar-refractivity contribution is 6.03. The molecule has 4 heteroatoms. The first kappa shape index (κ1) is 11.1. The normalized spacial score (nSPS) is 10.2. The van der Waals surface area contributed by atoms with Gasteiger partial charge in [-0.2, -0.15) is 0 Å². The van der Waals surface area contributed by atoms with Crippen LogP contribution in [0.1, 0.15) is 17.3 Å². The van der Waals surface area contributed by atoms with E-state index in [2.05, 4.69) is 5.32 Å². The van der Waals surface area contributed by atoms with Crippen molar-refractivity contribution >= 4 is 28.3 Å². The smallest absolute Gasteiger partial charge is 0.335 e. The van der Waals surface area contributed by atoms with Crippen molar-refractivity contribution < 1.29 is 14.7 Å². The molecule has 17 heavy (non-hydrogen) atoms. The Morgan fingerprint density at radius 3 is 2.59 bits per heavy atom. The van der Waals surface area contributed by atoms with Crippen molar-refractivity contribution in [3.63, 3.8) is 0 Å². The van der Waals surface area contributed by atoms with Gasteiger partial charge in [0.1, 0.15) is 0 Å². The first-order chi connectivity index (χ1) is 8.08. The molecular weight excluding hydrogens is 218 g/mol. The molecule has 0 saturated heterocycles. The van der Waals surface area contributed by atoms with Gasteiger partial charge >= 0.3 is 5.97 Å². The fourth-order valence-electron chi connectivity index (χ4n) is 1.72. The van der Waals surface area contributed by atoms with Crippen molar-refractivity contribution in [2.45, 2.75) is 6.92 Å². The Kier molecular flexibility index (Phi) is 2.78. The molecule has 2 aromatic rings. The van der Waals surface area contributed by atoms with Crippen LogP contribution < -0.4 is 5.32 Å². The van der Waals surface area contributed by atoms with Gasteiger partial charge in [0, 0.05) is 18.0 Å². The number of carbonyl (C=O) groups is 2. The summed E-state index contributed by atoms with van der Waals surface area (Å²) in [6, 6.07) is 10.2. The zero-order chi connectivity index (χ0) is 12.4. The number of amides is 1. The molecule has 1 amide bonds. The van der Waals surface area contributed by atoms with Gasteiger partial charge < -0.3 is 10.4 Å². The second kappa shape index (κ2) is 4.25. The molecule has 2 rings (SSSR count). The van der Waals surface area contributed by atoms with Crippen LogP contribution in [0.4, 0.5) is 5.69 Å². The van der Waals surface area contributed by atoms with Crippen LogP contribution in [-0.4, -0.2) is 17.0 Å². The van der Waals surface area contributed by atoms with Gasteiger partial charge in [-0.1, -0.05) is 18.2 Å². The molecule has 86 valence electrons. The Morgan fingerprint density at radius 1 is 1.18 bits per heavy atom. The van der Waals surface area contributed by atoms with Crippen molar-refractivity contribution in [1.29, 1.82) is 0 Å². The van der Waals surface area contributed by atoms with Crippen LogP contribution in [0.3, 0.4) is 0 Å². The molecule has 0 fully saturated rings. The van der Waals surface area contributed by atoms with Crippen molar-refractivity contribution in [3.05, 3.63) is 42.0 Å². The first-order valence-corrected chi connectivity index (χ1v) is 5.11. The predicted molar refractivity (Wildman–Crippen MR) is 65.2 cm³/mol. The van der Waals surface area contributed by atoms with Crippen molar-refractivity contribution in [1.82, 2.24) is 0 Å². The molecule has 0 aliphatic heterocycles. The van der Waals surface area contributed by atoms with Gasteiger partial charge in [-0.3, -0.25) is 4.79 Å². The lowest BCUT2D eigenvalue weighted by Gasteiger charge is -2.07. The minimum Gasteiger partial charge on any atom is -0.478 e. The third-order valence-electron chi connectivity index (χ3n) is 2.44. The van der Waals surface area contributed by atoms with Gasteiger partial charge in [0.25, 0.3) is 0 Å². The molecule has 0 bridgehead atoms. The van der Waals surface area contributed by atoms with Crippen LogP contribution in [0, 0.1) is 0 Å². The topological polar surface area (TPSA) is 66.4 Å². The van der Waals surface area contributed by atoms with E-state index in [9.17, 15) is 9.59 Å². The van der Waals surface area contributed by atoms with Crippen LogP contribution >= 0.6 is 0 Å². The van der Waals surface area contributed by atoms with Gasteiger partial charge in [0.15, 0.2) is 0 Å². The number of carboxylic acids is 1. The van der Waals surface area contributed by atoms with E-state index in [1.54, 1.807) is 24.3 Å². The molecule has 0 spiro atoms. The van der Waals surface area contributed by atoms with E-state index in [4.69, 9.17) is 5.11 Å². The molecule has 0 heterocycles. The largest absolute Gasteiger partial charge is 0.478 e. The van der Waals surface area contributed by atoms with Crippen LogP contribution in [0.2, 0.25) is 0 Å². The molecule has 0 saturated carbocycles. The fraction of sp³-hybridized carbons (Fsp3) is 0.0769. The fourth-order valence-corrected chi connectivity index (χ4v) is 1.72. The molecule has 0 aromatic heterocycles. The molecule has 2 N–H and O–H groups in total. The van der Waals surface area contributed by atoms with Gasteiger partial charge in [-0.25, -0.2) is 4.79 Å². The Hall–Kier alpha value is -2.36. The zero-order valence-corrected chi connectivity index (χ0v) is 9.23. The number of aromatic carboxylic acids is 1. The number of carbonyl (C=O) groups excluding carboxylic acids is 1. The molecule has 0 aliphatic carbocycles. The number of nitrogens with one attached hydrogen (secondary N) is 1. The third kappa shape index (κ3) is 2.25. The number of fused-ring (bicyclic) bond motifs is 1. The highest BCUT2D eigenvalue weighted by Gasteiger charge is 2.06. The number of hydrogen-bond donors (Lipinski definition) is 2. The summed E-state index contributed by atoms with van der Waals surface area (Å²) in [5.41, 5.74) is 0.921. The standard InChI is InChI=1S/C13H11NO3/c1-8(15)14-12-4-2-3-9-7-10(13(16)17)5-6-11(9)12/h2-7H,1H3,(H,14,15)(H,16,17). The Balaban J connectivity index is 2.58. The maximum Gasteiger partial charge on any atom is 0.335 e. The van der Waals surface area contributed by atoms with Gasteiger partial charge in [-0.15, -0.1) is 0 Å². The molecule has 0 unspecified atom stereocenters.